The molecule has 94 valence electrons. The van der Waals surface area contributed by atoms with Crippen LogP contribution < -0.4 is 4.74 Å². The molecule has 0 amide bonds. The van der Waals surface area contributed by atoms with Crippen molar-refractivity contribution in [2.45, 2.75) is 6.92 Å². The molecule has 0 saturated heterocycles. The molecule has 0 aliphatic rings. The van der Waals surface area contributed by atoms with Gasteiger partial charge in [-0.3, -0.25) is 0 Å². The van der Waals surface area contributed by atoms with Gasteiger partial charge in [-0.15, -0.1) is 0 Å². The summed E-state index contributed by atoms with van der Waals surface area (Å²) >= 11 is 0. The van der Waals surface area contributed by atoms with Gasteiger partial charge in [-0.1, -0.05) is 17.2 Å². The third-order valence-corrected chi connectivity index (χ3v) is 2.06. The number of rotatable bonds is 5. The summed E-state index contributed by atoms with van der Waals surface area (Å²) in [6, 6.07) is 6.96. The van der Waals surface area contributed by atoms with Crippen LogP contribution in [0.3, 0.4) is 0 Å². The van der Waals surface area contributed by atoms with Crippen LogP contribution in [0.2, 0.25) is 0 Å². The number of carbonyl (C=O) groups is 1. The Bertz CT molecular complexity index is 488. The number of azide groups is 1. The second-order valence-corrected chi connectivity index (χ2v) is 3.21. The fraction of sp³-hybridized carbons (Fsp3) is 0.250. The summed E-state index contributed by atoms with van der Waals surface area (Å²) in [6.07, 6.45) is 1.46. The van der Waals surface area contributed by atoms with E-state index in [0.717, 1.165) is 0 Å². The van der Waals surface area contributed by atoms with Crippen LogP contribution in [0.4, 0.5) is 0 Å². The van der Waals surface area contributed by atoms with Crippen LogP contribution in [0.5, 0.6) is 5.75 Å². The highest BCUT2D eigenvalue weighted by Crippen LogP contribution is 2.15. The Morgan fingerprint density at radius 3 is 2.61 bits per heavy atom. The van der Waals surface area contributed by atoms with E-state index >= 15 is 0 Å². The molecule has 1 aromatic carbocycles. The SMILES string of the molecule is CCOC(=O)C(=Cc1ccc(OC)cc1)N=[N+]=[N-]. The fourth-order valence-corrected chi connectivity index (χ4v) is 1.24. The van der Waals surface area contributed by atoms with Crippen molar-refractivity contribution in [1.29, 1.82) is 0 Å². The summed E-state index contributed by atoms with van der Waals surface area (Å²) in [4.78, 5) is 14.1. The standard InChI is InChI=1S/C12H13N3O3/c1-3-18-12(16)11(14-15-13)8-9-4-6-10(17-2)7-5-9/h4-8H,3H2,1-2H3. The van der Waals surface area contributed by atoms with Crippen LogP contribution in [0.15, 0.2) is 35.1 Å². The quantitative estimate of drug-likeness (QED) is 0.263. The molecule has 18 heavy (non-hydrogen) atoms. The van der Waals surface area contributed by atoms with Crippen molar-refractivity contribution < 1.29 is 14.3 Å². The van der Waals surface area contributed by atoms with Crippen molar-refractivity contribution in [3.8, 4) is 5.75 Å². The van der Waals surface area contributed by atoms with E-state index in [1.54, 1.807) is 38.3 Å². The highest BCUT2D eigenvalue weighted by atomic mass is 16.5. The van der Waals surface area contributed by atoms with Crippen molar-refractivity contribution in [3.05, 3.63) is 46.0 Å². The molecule has 0 unspecified atom stereocenters. The summed E-state index contributed by atoms with van der Waals surface area (Å²) in [5.74, 6) is 0.0553. The van der Waals surface area contributed by atoms with E-state index in [-0.39, 0.29) is 12.3 Å². The molecule has 0 spiro atoms. The van der Waals surface area contributed by atoms with E-state index < -0.39 is 5.97 Å². The molecule has 6 nitrogen and oxygen atoms in total. The van der Waals surface area contributed by atoms with E-state index in [1.807, 2.05) is 0 Å². The highest BCUT2D eigenvalue weighted by molar-refractivity contribution is 5.93. The second kappa shape index (κ2) is 6.98. The number of nitrogens with zero attached hydrogens (tertiary/aromatic N) is 3. The Labute approximate surface area is 104 Å². The van der Waals surface area contributed by atoms with Crippen LogP contribution in [-0.2, 0) is 9.53 Å². The lowest BCUT2D eigenvalue weighted by Gasteiger charge is -2.02. The molecular formula is C12H13N3O3. The number of ether oxygens (including phenoxy) is 2. The van der Waals surface area contributed by atoms with Crippen LogP contribution in [-0.4, -0.2) is 19.7 Å². The molecule has 0 saturated carbocycles. The average molecular weight is 247 g/mol. The van der Waals surface area contributed by atoms with Crippen LogP contribution >= 0.6 is 0 Å². The largest absolute Gasteiger partial charge is 0.497 e. The summed E-state index contributed by atoms with van der Waals surface area (Å²) in [7, 11) is 1.56. The number of esters is 1. The fourth-order valence-electron chi connectivity index (χ4n) is 1.24. The number of carbonyl (C=O) groups excluding carboxylic acids is 1. The second-order valence-electron chi connectivity index (χ2n) is 3.21. The molecule has 0 aliphatic heterocycles. The zero-order valence-electron chi connectivity index (χ0n) is 10.2. The molecule has 0 bridgehead atoms. The van der Waals surface area contributed by atoms with Gasteiger partial charge < -0.3 is 9.47 Å². The zero-order chi connectivity index (χ0) is 13.4. The lowest BCUT2D eigenvalue weighted by atomic mass is 10.2. The molecule has 0 aromatic heterocycles. The van der Waals surface area contributed by atoms with Crippen LogP contribution in [0.25, 0.3) is 16.5 Å². The third kappa shape index (κ3) is 3.84. The molecule has 1 aromatic rings. The van der Waals surface area contributed by atoms with Gasteiger partial charge in [-0.2, -0.15) is 0 Å². The first kappa shape index (κ1) is 13.6. The summed E-state index contributed by atoms with van der Waals surface area (Å²) in [6.45, 7) is 1.90. The predicted molar refractivity (Wildman–Crippen MR) is 66.8 cm³/mol. The van der Waals surface area contributed by atoms with E-state index in [9.17, 15) is 4.79 Å². The number of methoxy groups -OCH3 is 1. The van der Waals surface area contributed by atoms with Crippen molar-refractivity contribution in [2.24, 2.45) is 5.11 Å². The molecule has 1 rings (SSSR count). The van der Waals surface area contributed by atoms with Gasteiger partial charge in [-0.25, -0.2) is 4.79 Å². The zero-order valence-corrected chi connectivity index (χ0v) is 10.2. The first-order valence-electron chi connectivity index (χ1n) is 5.29. The molecule has 0 heterocycles. The maximum absolute atomic E-state index is 11.5. The first-order valence-corrected chi connectivity index (χ1v) is 5.29. The monoisotopic (exact) mass is 247 g/mol. The van der Waals surface area contributed by atoms with E-state index in [2.05, 4.69) is 10.0 Å². The van der Waals surface area contributed by atoms with Crippen molar-refractivity contribution >= 4 is 12.0 Å². The minimum absolute atomic E-state index is 0.0792. The molecule has 0 radical (unpaired) electrons. The molecule has 6 heteroatoms. The third-order valence-electron chi connectivity index (χ3n) is 2.06. The summed E-state index contributed by atoms with van der Waals surface area (Å²) < 4.78 is 9.79. The molecular weight excluding hydrogens is 234 g/mol. The number of hydrogen-bond donors (Lipinski definition) is 0. The Morgan fingerprint density at radius 1 is 1.44 bits per heavy atom. The Morgan fingerprint density at radius 2 is 2.11 bits per heavy atom. The van der Waals surface area contributed by atoms with Gasteiger partial charge in [0.15, 0.2) is 0 Å². The van der Waals surface area contributed by atoms with Gasteiger partial charge in [0.25, 0.3) is 0 Å². The lowest BCUT2D eigenvalue weighted by molar-refractivity contribution is -0.138. The average Bonchev–Trinajstić information content (AvgIpc) is 2.39. The Balaban J connectivity index is 2.99. The van der Waals surface area contributed by atoms with Crippen molar-refractivity contribution in [3.63, 3.8) is 0 Å². The smallest absolute Gasteiger partial charge is 0.340 e. The normalized spacial score (nSPS) is 10.4. The van der Waals surface area contributed by atoms with E-state index in [0.29, 0.717) is 11.3 Å². The van der Waals surface area contributed by atoms with Gasteiger partial charge >= 0.3 is 5.97 Å². The van der Waals surface area contributed by atoms with Gasteiger partial charge in [-0.05, 0) is 36.2 Å². The number of benzene rings is 1. The van der Waals surface area contributed by atoms with Gasteiger partial charge in [0, 0.05) is 4.91 Å². The topological polar surface area (TPSA) is 84.3 Å². The minimum Gasteiger partial charge on any atom is -0.497 e. The minimum atomic E-state index is -0.647. The van der Waals surface area contributed by atoms with Gasteiger partial charge in [0.1, 0.15) is 11.4 Å². The highest BCUT2D eigenvalue weighted by Gasteiger charge is 2.08. The van der Waals surface area contributed by atoms with Crippen LogP contribution in [0.1, 0.15) is 12.5 Å². The summed E-state index contributed by atoms with van der Waals surface area (Å²) in [5.41, 5.74) is 9.04. The predicted octanol–water partition coefficient (Wildman–Crippen LogP) is 2.91. The molecule has 0 atom stereocenters. The first-order chi connectivity index (χ1) is 8.71. The van der Waals surface area contributed by atoms with Crippen molar-refractivity contribution in [1.82, 2.24) is 0 Å². The number of hydrogen-bond acceptors (Lipinski definition) is 4. The van der Waals surface area contributed by atoms with E-state index in [4.69, 9.17) is 15.0 Å². The Hall–Kier alpha value is -2.46. The van der Waals surface area contributed by atoms with E-state index in [1.165, 1.54) is 6.08 Å². The van der Waals surface area contributed by atoms with Crippen LogP contribution in [0, 0.1) is 0 Å². The maximum atomic E-state index is 11.5. The van der Waals surface area contributed by atoms with Gasteiger partial charge in [0.2, 0.25) is 0 Å². The molecule has 0 fully saturated rings. The van der Waals surface area contributed by atoms with Gasteiger partial charge in [0.05, 0.1) is 13.7 Å². The summed E-state index contributed by atoms with van der Waals surface area (Å²) in [5, 5.41) is 3.32. The lowest BCUT2D eigenvalue weighted by Crippen LogP contribution is -2.05. The Kier molecular flexibility index (Phi) is 5.28. The molecule has 0 N–H and O–H groups in total. The van der Waals surface area contributed by atoms with Crippen molar-refractivity contribution in [2.75, 3.05) is 13.7 Å². The molecule has 0 aliphatic carbocycles. The maximum Gasteiger partial charge on any atom is 0.340 e.